The largest absolute Gasteiger partial charge is 0.463 e. The van der Waals surface area contributed by atoms with E-state index in [1.165, 1.54) is 405 Å². The van der Waals surface area contributed by atoms with Crippen LogP contribution in [-0.2, 0) is 57.0 Å². The Labute approximate surface area is 894 Å². The molecule has 2 aliphatic rings. The fourth-order valence-corrected chi connectivity index (χ4v) is 18.8. The predicted octanol–water partition coefficient (Wildman–Crippen LogP) is 38.3. The first kappa shape index (κ1) is 138. The molecule has 0 aromatic rings. The van der Waals surface area contributed by atoms with Crippen LogP contribution < -0.4 is 0 Å². The van der Waals surface area contributed by atoms with Gasteiger partial charge in [0.05, 0.1) is 0 Å². The van der Waals surface area contributed by atoms with E-state index in [9.17, 15) is 9.59 Å². The molecular weight excluding hydrogens is 1780 g/mol. The highest BCUT2D eigenvalue weighted by atomic mass is 16.7. The van der Waals surface area contributed by atoms with Gasteiger partial charge < -0.3 is 57.2 Å². The summed E-state index contributed by atoms with van der Waals surface area (Å²) in [6, 6.07) is 0. The van der Waals surface area contributed by atoms with Gasteiger partial charge in [-0.05, 0) is 266 Å². The monoisotopic (exact) mass is 2020 g/mol. The van der Waals surface area contributed by atoms with Crippen LogP contribution in [0.5, 0.6) is 0 Å². The van der Waals surface area contributed by atoms with Crippen LogP contribution in [0.25, 0.3) is 0 Å². The Bertz CT molecular complexity index is 2890. The summed E-state index contributed by atoms with van der Waals surface area (Å²) in [5.41, 5.74) is 0. The van der Waals surface area contributed by atoms with Crippen molar-refractivity contribution in [3.63, 3.8) is 0 Å². The number of allylic oxidation sites excluding steroid dienone is 18. The van der Waals surface area contributed by atoms with Crippen LogP contribution in [0.1, 0.15) is 568 Å². The van der Waals surface area contributed by atoms with E-state index >= 15 is 0 Å². The smallest absolute Gasteiger partial charge is 0.305 e. The van der Waals surface area contributed by atoms with Crippen molar-refractivity contribution in [3.8, 4) is 0 Å². The number of unbranched alkanes of at least 4 members (excludes halogenated alkanes) is 63. The summed E-state index contributed by atoms with van der Waals surface area (Å²) in [6.45, 7) is 19.5. The van der Waals surface area contributed by atoms with Gasteiger partial charge in [0.1, 0.15) is 49.8 Å². The Morgan fingerprint density at radius 1 is 0.201 bits per heavy atom. The second-order valence-electron chi connectivity index (χ2n) is 42.9. The Morgan fingerprint density at radius 3 is 0.576 bits per heavy atom. The summed E-state index contributed by atoms with van der Waals surface area (Å²) in [5.74, 6) is -0.364. The van der Waals surface area contributed by atoms with Crippen molar-refractivity contribution in [2.24, 2.45) is 0 Å². The minimum atomic E-state index is -0.536. The minimum absolute atomic E-state index is 0.157. The molecule has 2 aliphatic heterocycles. The maximum absolute atomic E-state index is 12.9. The molecular formula is C130H240N2O12. The molecule has 14 heteroatoms. The molecule has 14 nitrogen and oxygen atoms in total. The van der Waals surface area contributed by atoms with Crippen molar-refractivity contribution in [2.45, 2.75) is 617 Å². The molecule has 0 radical (unpaired) electrons. The Hall–Kier alpha value is -3.80. The number of ether oxygens (including phenoxy) is 10. The van der Waals surface area contributed by atoms with Crippen molar-refractivity contribution < 1.29 is 57.0 Å². The third kappa shape index (κ3) is 96.5. The van der Waals surface area contributed by atoms with Crippen molar-refractivity contribution >= 4 is 11.9 Å². The highest BCUT2D eigenvalue weighted by molar-refractivity contribution is 5.69. The van der Waals surface area contributed by atoms with E-state index in [4.69, 9.17) is 47.4 Å². The van der Waals surface area contributed by atoms with E-state index in [1.54, 1.807) is 0 Å². The fraction of sp³-hybridized carbons (Fsp3) is 0.846. The van der Waals surface area contributed by atoms with E-state index < -0.39 is 24.8 Å². The number of nitrogens with zero attached hydrogens (tertiary/aromatic N) is 2. The molecule has 0 aromatic heterocycles. The molecule has 0 aliphatic carbocycles. The van der Waals surface area contributed by atoms with Gasteiger partial charge >= 0.3 is 11.9 Å². The molecule has 2 rings (SSSR count). The highest BCUT2D eigenvalue weighted by Gasteiger charge is 2.49. The van der Waals surface area contributed by atoms with Crippen LogP contribution in [0.4, 0.5) is 0 Å². The van der Waals surface area contributed by atoms with Crippen molar-refractivity contribution in [1.82, 2.24) is 9.80 Å². The average molecular weight is 2020 g/mol. The molecule has 144 heavy (non-hydrogen) atoms. The second kappa shape index (κ2) is 115. The summed E-state index contributed by atoms with van der Waals surface area (Å²) in [4.78, 5) is 29.9. The zero-order valence-corrected chi connectivity index (χ0v) is 96.9. The molecule has 0 bridgehead atoms. The Morgan fingerprint density at radius 2 is 0.368 bits per heavy atom. The first-order valence-corrected chi connectivity index (χ1v) is 62.5. The van der Waals surface area contributed by atoms with E-state index in [2.05, 4.69) is 161 Å². The number of hydrogen-bond acceptors (Lipinski definition) is 14. The van der Waals surface area contributed by atoms with E-state index in [0.29, 0.717) is 52.5 Å². The highest BCUT2D eigenvalue weighted by Crippen LogP contribution is 2.33. The lowest BCUT2D eigenvalue weighted by Gasteiger charge is -2.25. The summed E-state index contributed by atoms with van der Waals surface area (Å²) in [7, 11) is 8.13. The Balaban J connectivity index is 0.00000144. The molecule has 8 atom stereocenters. The van der Waals surface area contributed by atoms with Gasteiger partial charge in [0.15, 0.2) is 12.6 Å². The maximum Gasteiger partial charge on any atom is 0.305 e. The first-order valence-electron chi connectivity index (χ1n) is 62.5. The van der Waals surface area contributed by atoms with Crippen LogP contribution in [0.2, 0.25) is 0 Å². The zero-order valence-electron chi connectivity index (χ0n) is 96.9. The number of carbonyl (C=O) groups is 2. The fourth-order valence-electron chi connectivity index (χ4n) is 18.8. The molecule has 2 unspecified atom stereocenters. The van der Waals surface area contributed by atoms with Crippen LogP contribution in [-0.4, -0.2) is 165 Å². The number of hydrogen-bond donors (Lipinski definition) is 0. The molecule has 2 heterocycles. The van der Waals surface area contributed by atoms with Crippen molar-refractivity contribution in [3.05, 3.63) is 109 Å². The van der Waals surface area contributed by atoms with Crippen LogP contribution in [0, 0.1) is 0 Å². The summed E-state index contributed by atoms with van der Waals surface area (Å²) in [6.07, 6.45) is 139. The quantitative estimate of drug-likeness (QED) is 0.0325. The molecule has 0 amide bonds. The SMILES string of the molecule is CCCCC/C=C\C/C=C\CCCCCCCCOC1[C@@H](COC(=O)CCCN(C)C)O[C@@H](OCCCCCCCC/C=C\C/C=C\CCCCC)[C@H]1OCCCCCCCC/C=C\C/C=C\CCCCC.CCCCCCCC/C=C\CCCCCCCCOC1[C@@H](COC(=O)CCCN(C)C)O[C@@H](OCCCCCCCC/C=C\CCCCCCCC)[C@H]1OCCCCCCCC/C=C\CCCCCCCC. The third-order valence-corrected chi connectivity index (χ3v) is 28.1. The number of rotatable bonds is 111. The van der Waals surface area contributed by atoms with Gasteiger partial charge in [-0.15, -0.1) is 0 Å². The topological polar surface area (TPSA) is 133 Å². The minimum Gasteiger partial charge on any atom is -0.463 e. The van der Waals surface area contributed by atoms with Gasteiger partial charge in [-0.1, -0.05) is 440 Å². The molecule has 2 fully saturated rings. The van der Waals surface area contributed by atoms with Crippen molar-refractivity contribution in [1.29, 1.82) is 0 Å². The van der Waals surface area contributed by atoms with E-state index in [0.717, 1.165) is 122 Å². The average Bonchev–Trinajstić information content (AvgIpc) is 1.67. The van der Waals surface area contributed by atoms with Gasteiger partial charge in [-0.2, -0.15) is 0 Å². The summed E-state index contributed by atoms with van der Waals surface area (Å²) >= 11 is 0. The van der Waals surface area contributed by atoms with Gasteiger partial charge in [0, 0.05) is 52.5 Å². The number of esters is 2. The zero-order chi connectivity index (χ0) is 104. The first-order chi connectivity index (χ1) is 71.1. The maximum atomic E-state index is 12.9. The van der Waals surface area contributed by atoms with Gasteiger partial charge in [-0.25, -0.2) is 0 Å². The lowest BCUT2D eigenvalue weighted by molar-refractivity contribution is -0.184. The molecule has 0 aromatic carbocycles. The third-order valence-electron chi connectivity index (χ3n) is 28.1. The molecule has 2 saturated heterocycles. The molecule has 842 valence electrons. The van der Waals surface area contributed by atoms with Crippen LogP contribution >= 0.6 is 0 Å². The predicted molar refractivity (Wildman–Crippen MR) is 622 cm³/mol. The standard InChI is InChI=1S/C65H123NO6.C65H117NO6/c2*1-6-9-12-15-18-21-24-27-30-33-36-39-42-45-48-51-57-68-63-61(60-71-62(67)55-54-56-66(4)5)72-65(70-59-53-50-47-44-41-38-35-32-29-26-23-20-17-14-11-8-3)64(63)69-58-52-49-46-43-40-37-34-31-28-25-22-19-16-13-10-7-2/h27-32,61,63-65H,6-26,33-60H2,1-5H3;18-23,27-32,61,63-65H,6-17,24-26,33-60H2,1-5H3/b30-27-,31-28-,32-29-;21-18-,22-19-,23-20-,30-27-,31-28-,32-29-/t2*61-,63?,64+,65-/m11/s1. The van der Waals surface area contributed by atoms with Crippen molar-refractivity contribution in [2.75, 3.05) is 94.1 Å². The van der Waals surface area contributed by atoms with Crippen LogP contribution in [0.3, 0.4) is 0 Å². The van der Waals surface area contributed by atoms with Gasteiger partial charge in [0.25, 0.3) is 0 Å². The van der Waals surface area contributed by atoms with Crippen LogP contribution in [0.15, 0.2) is 109 Å². The number of carbonyl (C=O) groups excluding carboxylic acids is 2. The Kier molecular flexibility index (Phi) is 110. The molecule has 0 spiro atoms. The van der Waals surface area contributed by atoms with E-state index in [-0.39, 0.29) is 49.6 Å². The molecule has 0 saturated carbocycles. The van der Waals surface area contributed by atoms with Gasteiger partial charge in [-0.3, -0.25) is 9.59 Å². The summed E-state index contributed by atoms with van der Waals surface area (Å²) in [5, 5.41) is 0. The van der Waals surface area contributed by atoms with Gasteiger partial charge in [0.2, 0.25) is 0 Å². The lowest BCUT2D eigenvalue weighted by atomic mass is 10.1. The normalized spacial score (nSPS) is 17.5. The second-order valence-corrected chi connectivity index (χ2v) is 42.9. The lowest BCUT2D eigenvalue weighted by Crippen LogP contribution is -2.40. The molecule has 0 N–H and O–H groups in total. The van der Waals surface area contributed by atoms with E-state index in [1.807, 2.05) is 28.2 Å². The summed E-state index contributed by atoms with van der Waals surface area (Å²) < 4.78 is 64.7.